The van der Waals surface area contributed by atoms with Gasteiger partial charge in [-0.05, 0) is 46.5 Å². The molecule has 1 saturated heterocycles. The molecule has 2 amide bonds. The summed E-state index contributed by atoms with van der Waals surface area (Å²) in [5.74, 6) is 1.17. The number of amides is 2. The molecule has 132 valence electrons. The van der Waals surface area contributed by atoms with E-state index in [0.717, 1.165) is 18.6 Å². The molecule has 1 aromatic heterocycles. The number of ether oxygens (including phenoxy) is 1. The van der Waals surface area contributed by atoms with Gasteiger partial charge in [-0.3, -0.25) is 4.79 Å². The van der Waals surface area contributed by atoms with E-state index in [1.54, 1.807) is 11.0 Å². The summed E-state index contributed by atoms with van der Waals surface area (Å²) in [6.07, 6.45) is 3.24. The van der Waals surface area contributed by atoms with Crippen LogP contribution in [-0.4, -0.2) is 46.8 Å². The molecule has 2 aliphatic rings. The predicted molar refractivity (Wildman–Crippen MR) is 86.8 cm³/mol. The fourth-order valence-electron chi connectivity index (χ4n) is 2.81. The number of nitrogens with zero attached hydrogens (tertiary/aromatic N) is 2. The molecule has 1 saturated carbocycles. The maximum Gasteiger partial charge on any atom is 0.407 e. The van der Waals surface area contributed by atoms with E-state index in [-0.39, 0.29) is 11.9 Å². The first-order valence-electron chi connectivity index (χ1n) is 8.57. The van der Waals surface area contributed by atoms with Crippen LogP contribution < -0.4 is 5.32 Å². The number of piperidine rings is 1. The summed E-state index contributed by atoms with van der Waals surface area (Å²) in [7, 11) is 0. The van der Waals surface area contributed by atoms with Crippen LogP contribution >= 0.6 is 0 Å². The summed E-state index contributed by atoms with van der Waals surface area (Å²) >= 11 is 0. The Labute approximate surface area is 141 Å². The van der Waals surface area contributed by atoms with Crippen molar-refractivity contribution in [3.8, 4) is 0 Å². The fourth-order valence-corrected chi connectivity index (χ4v) is 2.81. The van der Waals surface area contributed by atoms with Crippen molar-refractivity contribution in [3.63, 3.8) is 0 Å². The van der Waals surface area contributed by atoms with Crippen molar-refractivity contribution >= 4 is 12.0 Å². The van der Waals surface area contributed by atoms with Crippen LogP contribution in [0.5, 0.6) is 0 Å². The Morgan fingerprint density at radius 2 is 1.92 bits per heavy atom. The second-order valence-corrected chi connectivity index (χ2v) is 7.60. The molecule has 1 aliphatic carbocycles. The maximum atomic E-state index is 12.5. The van der Waals surface area contributed by atoms with Crippen molar-refractivity contribution in [3.05, 3.63) is 17.5 Å². The summed E-state index contributed by atoms with van der Waals surface area (Å²) in [6, 6.07) is 1.80. The van der Waals surface area contributed by atoms with Crippen LogP contribution in [0, 0.1) is 0 Å². The lowest BCUT2D eigenvalue weighted by atomic mass is 10.0. The number of aromatic nitrogens is 1. The topological polar surface area (TPSA) is 84.7 Å². The van der Waals surface area contributed by atoms with E-state index in [1.807, 2.05) is 20.8 Å². The molecule has 0 spiro atoms. The molecule has 7 heteroatoms. The number of likely N-dealkylation sites (tertiary alicyclic amines) is 1. The first-order chi connectivity index (χ1) is 11.3. The first kappa shape index (κ1) is 16.8. The minimum absolute atomic E-state index is 0.0308. The molecule has 1 N–H and O–H groups in total. The van der Waals surface area contributed by atoms with E-state index in [9.17, 15) is 9.59 Å². The molecule has 7 nitrogen and oxygen atoms in total. The van der Waals surface area contributed by atoms with Crippen LogP contribution in [-0.2, 0) is 4.74 Å². The van der Waals surface area contributed by atoms with Gasteiger partial charge in [0, 0.05) is 31.1 Å². The summed E-state index contributed by atoms with van der Waals surface area (Å²) in [5, 5.41) is 6.77. The number of hydrogen-bond acceptors (Lipinski definition) is 5. The molecule has 1 aliphatic heterocycles. The zero-order valence-corrected chi connectivity index (χ0v) is 14.5. The van der Waals surface area contributed by atoms with Crippen LogP contribution in [0.15, 0.2) is 10.6 Å². The lowest BCUT2D eigenvalue weighted by Crippen LogP contribution is -2.47. The zero-order valence-electron chi connectivity index (χ0n) is 14.5. The molecule has 2 fully saturated rings. The van der Waals surface area contributed by atoms with Crippen molar-refractivity contribution < 1.29 is 18.8 Å². The quantitative estimate of drug-likeness (QED) is 0.918. The standard InChI is InChI=1S/C17H25N3O4/c1-17(2,3)23-16(22)18-12-6-8-20(9-7-12)15(21)13-10-14(24-19-13)11-4-5-11/h10-12H,4-9H2,1-3H3,(H,18,22). The van der Waals surface area contributed by atoms with Crippen LogP contribution in [0.3, 0.4) is 0 Å². The molecule has 0 radical (unpaired) electrons. The first-order valence-corrected chi connectivity index (χ1v) is 8.57. The molecule has 2 heterocycles. The lowest BCUT2D eigenvalue weighted by molar-refractivity contribution is 0.0473. The average Bonchev–Trinajstić information content (AvgIpc) is 3.23. The van der Waals surface area contributed by atoms with Crippen molar-refractivity contribution in [2.24, 2.45) is 0 Å². The summed E-state index contributed by atoms with van der Waals surface area (Å²) < 4.78 is 10.5. The van der Waals surface area contributed by atoms with Gasteiger partial charge in [0.1, 0.15) is 11.4 Å². The van der Waals surface area contributed by atoms with E-state index in [0.29, 0.717) is 37.5 Å². The normalized spacial score (nSPS) is 19.2. The van der Waals surface area contributed by atoms with Gasteiger partial charge in [0.2, 0.25) is 0 Å². The third kappa shape index (κ3) is 4.27. The van der Waals surface area contributed by atoms with E-state index in [4.69, 9.17) is 9.26 Å². The maximum absolute atomic E-state index is 12.5. The van der Waals surface area contributed by atoms with Crippen LogP contribution in [0.4, 0.5) is 4.79 Å². The van der Waals surface area contributed by atoms with E-state index in [1.165, 1.54) is 0 Å². The Balaban J connectivity index is 1.47. The molecule has 0 atom stereocenters. The summed E-state index contributed by atoms with van der Waals surface area (Å²) in [5.41, 5.74) is -0.122. The number of nitrogens with one attached hydrogen (secondary N) is 1. The largest absolute Gasteiger partial charge is 0.444 e. The average molecular weight is 335 g/mol. The van der Waals surface area contributed by atoms with Gasteiger partial charge >= 0.3 is 6.09 Å². The number of alkyl carbamates (subject to hydrolysis) is 1. The Bertz CT molecular complexity index is 608. The van der Waals surface area contributed by atoms with Crippen molar-refractivity contribution in [2.75, 3.05) is 13.1 Å². The highest BCUT2D eigenvalue weighted by Gasteiger charge is 2.31. The third-order valence-corrected chi connectivity index (χ3v) is 4.23. The van der Waals surface area contributed by atoms with Crippen LogP contribution in [0.2, 0.25) is 0 Å². The Kier molecular flexibility index (Phi) is 4.51. The van der Waals surface area contributed by atoms with Gasteiger partial charge in [-0.1, -0.05) is 5.16 Å². The lowest BCUT2D eigenvalue weighted by Gasteiger charge is -2.32. The van der Waals surface area contributed by atoms with Crippen molar-refractivity contribution in [1.29, 1.82) is 0 Å². The Hall–Kier alpha value is -2.05. The van der Waals surface area contributed by atoms with Gasteiger partial charge < -0.3 is 19.5 Å². The monoisotopic (exact) mass is 335 g/mol. The zero-order chi connectivity index (χ0) is 17.3. The Morgan fingerprint density at radius 1 is 1.25 bits per heavy atom. The minimum atomic E-state index is -0.507. The van der Waals surface area contributed by atoms with Crippen molar-refractivity contribution in [2.45, 2.75) is 64.0 Å². The number of carbonyl (C=O) groups is 2. The molecular formula is C17H25N3O4. The highest BCUT2D eigenvalue weighted by Crippen LogP contribution is 2.40. The highest BCUT2D eigenvalue weighted by atomic mass is 16.6. The van der Waals surface area contributed by atoms with Gasteiger partial charge in [-0.2, -0.15) is 0 Å². The second kappa shape index (κ2) is 6.45. The smallest absolute Gasteiger partial charge is 0.407 e. The number of hydrogen-bond donors (Lipinski definition) is 1. The number of rotatable bonds is 3. The molecule has 3 rings (SSSR count). The SMILES string of the molecule is CC(C)(C)OC(=O)NC1CCN(C(=O)c2cc(C3CC3)on2)CC1. The van der Waals surface area contributed by atoms with Gasteiger partial charge in [-0.15, -0.1) is 0 Å². The molecular weight excluding hydrogens is 310 g/mol. The van der Waals surface area contributed by atoms with Gasteiger partial charge in [0.05, 0.1) is 0 Å². The minimum Gasteiger partial charge on any atom is -0.444 e. The predicted octanol–water partition coefficient (Wildman–Crippen LogP) is 2.68. The highest BCUT2D eigenvalue weighted by molar-refractivity contribution is 5.92. The molecule has 0 aromatic carbocycles. The molecule has 0 bridgehead atoms. The van der Waals surface area contributed by atoms with E-state index < -0.39 is 11.7 Å². The molecule has 0 unspecified atom stereocenters. The van der Waals surface area contributed by atoms with Gasteiger partial charge in [0.15, 0.2) is 5.69 Å². The fraction of sp³-hybridized carbons (Fsp3) is 0.706. The van der Waals surface area contributed by atoms with Crippen LogP contribution in [0.25, 0.3) is 0 Å². The molecule has 1 aromatic rings. The van der Waals surface area contributed by atoms with E-state index in [2.05, 4.69) is 10.5 Å². The Morgan fingerprint density at radius 3 is 2.50 bits per heavy atom. The third-order valence-electron chi connectivity index (χ3n) is 4.23. The summed E-state index contributed by atoms with van der Waals surface area (Å²) in [6.45, 7) is 6.68. The van der Waals surface area contributed by atoms with Gasteiger partial charge in [-0.25, -0.2) is 4.79 Å². The molecule has 24 heavy (non-hydrogen) atoms. The van der Waals surface area contributed by atoms with E-state index >= 15 is 0 Å². The number of carbonyl (C=O) groups excluding carboxylic acids is 2. The van der Waals surface area contributed by atoms with Crippen LogP contribution in [0.1, 0.15) is 68.6 Å². The van der Waals surface area contributed by atoms with Gasteiger partial charge in [0.25, 0.3) is 5.91 Å². The summed E-state index contributed by atoms with van der Waals surface area (Å²) in [4.78, 5) is 26.0. The second-order valence-electron chi connectivity index (χ2n) is 7.60. The van der Waals surface area contributed by atoms with Crippen molar-refractivity contribution in [1.82, 2.24) is 15.4 Å².